The Bertz CT molecular complexity index is 882. The van der Waals surface area contributed by atoms with Gasteiger partial charge in [-0.05, 0) is 38.1 Å². The first kappa shape index (κ1) is 19.0. The molecule has 0 amide bonds. The number of benzene rings is 2. The summed E-state index contributed by atoms with van der Waals surface area (Å²) in [6.07, 6.45) is 0. The van der Waals surface area contributed by atoms with Crippen LogP contribution in [0.15, 0.2) is 64.0 Å². The number of hydrogen-bond donors (Lipinski definition) is 0. The molecule has 0 N–H and O–H groups in total. The molecule has 1 unspecified atom stereocenters. The van der Waals surface area contributed by atoms with E-state index in [9.17, 15) is 4.79 Å². The van der Waals surface area contributed by atoms with Gasteiger partial charge in [-0.15, -0.1) is 11.8 Å². The third-order valence-corrected chi connectivity index (χ3v) is 4.71. The molecule has 0 aliphatic rings. The Morgan fingerprint density at radius 1 is 1.15 bits per heavy atom. The van der Waals surface area contributed by atoms with Crippen LogP contribution in [0.3, 0.4) is 0 Å². The average molecular weight is 384 g/mol. The van der Waals surface area contributed by atoms with Crippen LogP contribution in [-0.4, -0.2) is 28.0 Å². The summed E-state index contributed by atoms with van der Waals surface area (Å²) in [7, 11) is 0. The van der Waals surface area contributed by atoms with Gasteiger partial charge < -0.3 is 14.0 Å². The molecular formula is C20H20N2O4S. The lowest BCUT2D eigenvalue weighted by molar-refractivity contribution is -0.144. The summed E-state index contributed by atoms with van der Waals surface area (Å²) in [5.41, 5.74) is 0.730. The summed E-state index contributed by atoms with van der Waals surface area (Å²) in [6.45, 7) is 4.18. The molecule has 2 aromatic carbocycles. The van der Waals surface area contributed by atoms with E-state index in [-0.39, 0.29) is 23.7 Å². The quantitative estimate of drug-likeness (QED) is 0.422. The van der Waals surface area contributed by atoms with Crippen LogP contribution in [0.5, 0.6) is 5.75 Å². The van der Waals surface area contributed by atoms with Gasteiger partial charge in [-0.1, -0.05) is 35.5 Å². The number of nitrogens with zero attached hydrogens (tertiary/aromatic N) is 2. The van der Waals surface area contributed by atoms with Crippen molar-refractivity contribution in [1.82, 2.24) is 10.1 Å². The maximum Gasteiger partial charge on any atom is 0.319 e. The van der Waals surface area contributed by atoms with E-state index in [1.54, 1.807) is 6.92 Å². The summed E-state index contributed by atoms with van der Waals surface area (Å²) in [5.74, 6) is 0.980. The predicted molar refractivity (Wildman–Crippen MR) is 102 cm³/mol. The maximum absolute atomic E-state index is 12.2. The highest BCUT2D eigenvalue weighted by molar-refractivity contribution is 8.00. The van der Waals surface area contributed by atoms with Gasteiger partial charge in [0.25, 0.3) is 5.89 Å². The van der Waals surface area contributed by atoms with Crippen LogP contribution in [0.4, 0.5) is 0 Å². The lowest BCUT2D eigenvalue weighted by Crippen LogP contribution is -2.16. The van der Waals surface area contributed by atoms with E-state index in [0.29, 0.717) is 18.2 Å². The second kappa shape index (κ2) is 9.23. The molecule has 1 aromatic heterocycles. The van der Waals surface area contributed by atoms with Crippen molar-refractivity contribution in [3.63, 3.8) is 0 Å². The van der Waals surface area contributed by atoms with Crippen molar-refractivity contribution in [3.8, 4) is 17.1 Å². The molecule has 7 heteroatoms. The molecule has 0 aliphatic carbocycles. The first-order valence-electron chi connectivity index (χ1n) is 8.60. The van der Waals surface area contributed by atoms with Crippen LogP contribution in [-0.2, 0) is 16.1 Å². The Morgan fingerprint density at radius 2 is 1.89 bits per heavy atom. The van der Waals surface area contributed by atoms with Gasteiger partial charge in [0.05, 0.1) is 12.2 Å². The second-order valence-corrected chi connectivity index (χ2v) is 7.04. The number of aromatic nitrogens is 2. The summed E-state index contributed by atoms with van der Waals surface area (Å²) in [5, 5.41) is 3.62. The third-order valence-electron chi connectivity index (χ3n) is 3.62. The minimum atomic E-state index is -0.339. The fourth-order valence-corrected chi connectivity index (χ4v) is 3.24. The maximum atomic E-state index is 12.2. The van der Waals surface area contributed by atoms with Crippen LogP contribution in [0.25, 0.3) is 11.4 Å². The molecule has 0 spiro atoms. The molecule has 140 valence electrons. The van der Waals surface area contributed by atoms with Crippen LogP contribution < -0.4 is 4.74 Å². The molecule has 27 heavy (non-hydrogen) atoms. The molecule has 0 saturated carbocycles. The number of hydrogen-bond acceptors (Lipinski definition) is 7. The third kappa shape index (κ3) is 5.10. The zero-order valence-electron chi connectivity index (χ0n) is 15.1. The number of carbonyl (C=O) groups is 1. The van der Waals surface area contributed by atoms with Crippen LogP contribution in [0.1, 0.15) is 19.7 Å². The van der Waals surface area contributed by atoms with E-state index < -0.39 is 0 Å². The van der Waals surface area contributed by atoms with E-state index in [4.69, 9.17) is 14.0 Å². The van der Waals surface area contributed by atoms with Gasteiger partial charge in [-0.2, -0.15) is 4.98 Å². The van der Waals surface area contributed by atoms with Crippen molar-refractivity contribution in [2.75, 3.05) is 6.61 Å². The molecule has 0 bridgehead atoms. The standard InChI is InChI=1S/C20H20N2O4S/c1-3-24-17-12-8-7-11-16(17)19-21-18(26-22-19)13-25-20(23)14(2)27-15-9-5-4-6-10-15/h4-12,14H,3,13H2,1-2H3. The highest BCUT2D eigenvalue weighted by Crippen LogP contribution is 2.28. The van der Waals surface area contributed by atoms with Gasteiger partial charge in [0.2, 0.25) is 5.82 Å². The molecule has 1 heterocycles. The molecule has 0 aliphatic heterocycles. The van der Waals surface area contributed by atoms with Crippen molar-refractivity contribution >= 4 is 17.7 Å². The van der Waals surface area contributed by atoms with Crippen LogP contribution in [0, 0.1) is 0 Å². The molecule has 0 saturated heterocycles. The van der Waals surface area contributed by atoms with E-state index >= 15 is 0 Å². The van der Waals surface area contributed by atoms with Gasteiger partial charge in [0.15, 0.2) is 6.61 Å². The van der Waals surface area contributed by atoms with Crippen molar-refractivity contribution < 1.29 is 18.8 Å². The fourth-order valence-electron chi connectivity index (χ4n) is 2.36. The lowest BCUT2D eigenvalue weighted by atomic mass is 10.2. The summed E-state index contributed by atoms with van der Waals surface area (Å²) >= 11 is 1.44. The number of rotatable bonds is 8. The monoisotopic (exact) mass is 384 g/mol. The zero-order valence-corrected chi connectivity index (χ0v) is 15.9. The summed E-state index contributed by atoms with van der Waals surface area (Å²) in [4.78, 5) is 17.5. The van der Waals surface area contributed by atoms with Gasteiger partial charge in [-0.3, -0.25) is 4.79 Å². The van der Waals surface area contributed by atoms with Gasteiger partial charge in [-0.25, -0.2) is 0 Å². The topological polar surface area (TPSA) is 74.5 Å². The normalized spacial score (nSPS) is 11.8. The number of esters is 1. The number of thioether (sulfide) groups is 1. The summed E-state index contributed by atoms with van der Waals surface area (Å²) in [6, 6.07) is 17.1. The predicted octanol–water partition coefficient (Wildman–Crippen LogP) is 4.36. The minimum absolute atomic E-state index is 0.0671. The van der Waals surface area contributed by atoms with E-state index in [2.05, 4.69) is 10.1 Å². The first-order chi connectivity index (χ1) is 13.2. The number of para-hydroxylation sites is 1. The molecule has 3 aromatic rings. The molecule has 1 atom stereocenters. The number of carbonyl (C=O) groups excluding carboxylic acids is 1. The Balaban J connectivity index is 1.59. The largest absolute Gasteiger partial charge is 0.493 e. The Kier molecular flexibility index (Phi) is 6.49. The van der Waals surface area contributed by atoms with Gasteiger partial charge >= 0.3 is 5.97 Å². The summed E-state index contributed by atoms with van der Waals surface area (Å²) < 4.78 is 16.1. The van der Waals surface area contributed by atoms with Crippen molar-refractivity contribution in [2.45, 2.75) is 30.6 Å². The smallest absolute Gasteiger partial charge is 0.319 e. The highest BCUT2D eigenvalue weighted by atomic mass is 32.2. The Hall–Kier alpha value is -2.80. The molecule has 6 nitrogen and oxygen atoms in total. The van der Waals surface area contributed by atoms with Gasteiger partial charge in [0, 0.05) is 4.90 Å². The van der Waals surface area contributed by atoms with Crippen molar-refractivity contribution in [3.05, 3.63) is 60.5 Å². The fraction of sp³-hybridized carbons (Fsp3) is 0.250. The Morgan fingerprint density at radius 3 is 2.67 bits per heavy atom. The zero-order chi connectivity index (χ0) is 19.1. The lowest BCUT2D eigenvalue weighted by Gasteiger charge is -2.09. The molecule has 0 fully saturated rings. The van der Waals surface area contributed by atoms with E-state index in [0.717, 1.165) is 10.5 Å². The van der Waals surface area contributed by atoms with Crippen molar-refractivity contribution in [1.29, 1.82) is 0 Å². The Labute approximate surface area is 161 Å². The number of ether oxygens (including phenoxy) is 2. The molecule has 0 radical (unpaired) electrons. The van der Waals surface area contributed by atoms with E-state index in [1.165, 1.54) is 11.8 Å². The first-order valence-corrected chi connectivity index (χ1v) is 9.48. The van der Waals surface area contributed by atoms with Gasteiger partial charge in [0.1, 0.15) is 11.0 Å². The SMILES string of the molecule is CCOc1ccccc1-c1noc(COC(=O)C(C)Sc2ccccc2)n1. The molecule has 3 rings (SSSR count). The highest BCUT2D eigenvalue weighted by Gasteiger charge is 2.18. The van der Waals surface area contributed by atoms with E-state index in [1.807, 2.05) is 61.5 Å². The second-order valence-electron chi connectivity index (χ2n) is 5.62. The van der Waals surface area contributed by atoms with Crippen LogP contribution >= 0.6 is 11.8 Å². The van der Waals surface area contributed by atoms with Crippen molar-refractivity contribution in [2.24, 2.45) is 0 Å². The van der Waals surface area contributed by atoms with Crippen LogP contribution in [0.2, 0.25) is 0 Å². The minimum Gasteiger partial charge on any atom is -0.493 e. The molecular weight excluding hydrogens is 364 g/mol. The average Bonchev–Trinajstić information content (AvgIpc) is 3.16.